The van der Waals surface area contributed by atoms with E-state index in [1.165, 1.54) is 11.8 Å². The number of hydrogen-bond acceptors (Lipinski definition) is 3. The molecule has 0 radical (unpaired) electrons. The predicted molar refractivity (Wildman–Crippen MR) is 122 cm³/mol. The maximum absolute atomic E-state index is 13.0. The molecular formula is C22H26Cl2N2O2S. The lowest BCUT2D eigenvalue weighted by atomic mass is 10.1. The smallest absolute Gasteiger partial charge is 0.242 e. The first-order chi connectivity index (χ1) is 13.9. The summed E-state index contributed by atoms with van der Waals surface area (Å²) < 4.78 is 0. The van der Waals surface area contributed by atoms with E-state index in [4.69, 9.17) is 23.2 Å². The number of carbonyl (C=O) groups is 2. The van der Waals surface area contributed by atoms with Gasteiger partial charge in [0.25, 0.3) is 0 Å². The molecule has 0 bridgehead atoms. The summed E-state index contributed by atoms with van der Waals surface area (Å²) in [5.41, 5.74) is 1.99. The molecule has 0 aliphatic heterocycles. The summed E-state index contributed by atoms with van der Waals surface area (Å²) in [4.78, 5) is 27.1. The van der Waals surface area contributed by atoms with Crippen molar-refractivity contribution in [3.05, 3.63) is 69.7 Å². The normalized spacial score (nSPS) is 11.7. The number of rotatable bonds is 10. The maximum Gasteiger partial charge on any atom is 0.242 e. The van der Waals surface area contributed by atoms with Crippen LogP contribution in [-0.4, -0.2) is 35.1 Å². The van der Waals surface area contributed by atoms with Crippen molar-refractivity contribution in [3.63, 3.8) is 0 Å². The molecule has 0 aliphatic carbocycles. The Hall–Kier alpha value is -1.69. The van der Waals surface area contributed by atoms with Gasteiger partial charge in [-0.15, -0.1) is 11.8 Å². The van der Waals surface area contributed by atoms with Gasteiger partial charge in [0.15, 0.2) is 0 Å². The van der Waals surface area contributed by atoms with Crippen LogP contribution in [0.2, 0.25) is 10.0 Å². The Balaban J connectivity index is 2.02. The van der Waals surface area contributed by atoms with E-state index in [2.05, 4.69) is 5.32 Å². The third-order valence-electron chi connectivity index (χ3n) is 4.39. The Bertz CT molecular complexity index is 818. The van der Waals surface area contributed by atoms with Crippen molar-refractivity contribution >= 4 is 46.8 Å². The van der Waals surface area contributed by atoms with Gasteiger partial charge in [-0.3, -0.25) is 9.59 Å². The van der Waals surface area contributed by atoms with E-state index in [0.717, 1.165) is 17.5 Å². The summed E-state index contributed by atoms with van der Waals surface area (Å²) in [5.74, 6) is 0.708. The van der Waals surface area contributed by atoms with Crippen LogP contribution in [0.4, 0.5) is 0 Å². The van der Waals surface area contributed by atoms with Crippen LogP contribution in [0.1, 0.15) is 31.4 Å². The molecule has 4 nitrogen and oxygen atoms in total. The number of nitrogens with zero attached hydrogens (tertiary/aromatic N) is 1. The second-order valence-corrected chi connectivity index (χ2v) is 8.52. The van der Waals surface area contributed by atoms with E-state index in [0.29, 0.717) is 28.9 Å². The number of halogens is 2. The molecule has 0 spiro atoms. The molecule has 0 unspecified atom stereocenters. The van der Waals surface area contributed by atoms with E-state index in [9.17, 15) is 9.59 Å². The average Bonchev–Trinajstić information content (AvgIpc) is 2.73. The zero-order valence-electron chi connectivity index (χ0n) is 16.7. The first-order valence-electron chi connectivity index (χ1n) is 9.55. The van der Waals surface area contributed by atoms with Crippen molar-refractivity contribution in [3.8, 4) is 0 Å². The minimum absolute atomic E-state index is 0.0712. The molecule has 1 N–H and O–H groups in total. The monoisotopic (exact) mass is 452 g/mol. The molecule has 0 aromatic heterocycles. The van der Waals surface area contributed by atoms with Gasteiger partial charge in [0, 0.05) is 18.8 Å². The van der Waals surface area contributed by atoms with Gasteiger partial charge >= 0.3 is 0 Å². The molecule has 156 valence electrons. The average molecular weight is 453 g/mol. The van der Waals surface area contributed by atoms with Crippen molar-refractivity contribution in [1.29, 1.82) is 0 Å². The second-order valence-electron chi connectivity index (χ2n) is 6.72. The summed E-state index contributed by atoms with van der Waals surface area (Å²) >= 11 is 13.5. The molecule has 0 fully saturated rings. The first kappa shape index (κ1) is 23.6. The number of carbonyl (C=O) groups excluding carboxylic acids is 2. The molecule has 2 rings (SSSR count). The molecule has 7 heteroatoms. The summed E-state index contributed by atoms with van der Waals surface area (Å²) in [7, 11) is 0. The Morgan fingerprint density at radius 3 is 2.45 bits per heavy atom. The number of hydrogen-bond donors (Lipinski definition) is 1. The highest BCUT2D eigenvalue weighted by Crippen LogP contribution is 2.25. The van der Waals surface area contributed by atoms with Crippen LogP contribution in [0.3, 0.4) is 0 Å². The lowest BCUT2D eigenvalue weighted by Gasteiger charge is -2.28. The van der Waals surface area contributed by atoms with Gasteiger partial charge in [0.1, 0.15) is 6.04 Å². The van der Waals surface area contributed by atoms with Crippen LogP contribution in [0.15, 0.2) is 48.5 Å². The minimum Gasteiger partial charge on any atom is -0.354 e. The van der Waals surface area contributed by atoms with Gasteiger partial charge in [-0.2, -0.15) is 0 Å². The molecule has 2 amide bonds. The topological polar surface area (TPSA) is 49.4 Å². The number of benzene rings is 2. The number of amides is 2. The zero-order chi connectivity index (χ0) is 21.2. The van der Waals surface area contributed by atoms with Gasteiger partial charge in [-0.05, 0) is 36.6 Å². The Kier molecular flexibility index (Phi) is 9.85. The standard InChI is InChI=1S/C22H26Cl2N2O2S/c1-3-11-25-22(28)16(2)26(13-17-7-5-4-6-8-17)21(27)15-29-14-18-9-10-19(23)20(24)12-18/h4-10,12,16H,3,11,13-15H2,1-2H3,(H,25,28)/t16-/m0/s1. The third-order valence-corrected chi connectivity index (χ3v) is 6.12. The fourth-order valence-corrected chi connectivity index (χ4v) is 3.91. The van der Waals surface area contributed by atoms with Gasteiger partial charge < -0.3 is 10.2 Å². The van der Waals surface area contributed by atoms with E-state index in [1.807, 2.05) is 49.4 Å². The van der Waals surface area contributed by atoms with Gasteiger partial charge in [0.2, 0.25) is 11.8 Å². The lowest BCUT2D eigenvalue weighted by Crippen LogP contribution is -2.48. The van der Waals surface area contributed by atoms with Gasteiger partial charge in [-0.1, -0.05) is 66.5 Å². The van der Waals surface area contributed by atoms with Crippen LogP contribution in [0.25, 0.3) is 0 Å². The zero-order valence-corrected chi connectivity index (χ0v) is 19.0. The molecule has 29 heavy (non-hydrogen) atoms. The molecule has 2 aromatic rings. The quantitative estimate of drug-likeness (QED) is 0.540. The first-order valence-corrected chi connectivity index (χ1v) is 11.5. The lowest BCUT2D eigenvalue weighted by molar-refractivity contribution is -0.138. The fourth-order valence-electron chi connectivity index (χ4n) is 2.73. The largest absolute Gasteiger partial charge is 0.354 e. The van der Waals surface area contributed by atoms with Crippen molar-refractivity contribution in [2.75, 3.05) is 12.3 Å². The molecule has 2 aromatic carbocycles. The van der Waals surface area contributed by atoms with E-state index >= 15 is 0 Å². The van der Waals surface area contributed by atoms with Crippen LogP contribution in [0, 0.1) is 0 Å². The number of thioether (sulfide) groups is 1. The predicted octanol–water partition coefficient (Wildman–Crippen LogP) is 5.17. The highest BCUT2D eigenvalue weighted by atomic mass is 35.5. The molecular weight excluding hydrogens is 427 g/mol. The highest BCUT2D eigenvalue weighted by molar-refractivity contribution is 7.99. The molecule has 0 saturated carbocycles. The summed E-state index contributed by atoms with van der Waals surface area (Å²) in [5, 5.41) is 3.89. The minimum atomic E-state index is -0.542. The summed E-state index contributed by atoms with van der Waals surface area (Å²) in [6, 6.07) is 14.6. The van der Waals surface area contributed by atoms with Crippen molar-refractivity contribution < 1.29 is 9.59 Å². The van der Waals surface area contributed by atoms with Crippen LogP contribution < -0.4 is 5.32 Å². The van der Waals surface area contributed by atoms with Crippen molar-refractivity contribution in [2.24, 2.45) is 0 Å². The highest BCUT2D eigenvalue weighted by Gasteiger charge is 2.25. The fraction of sp³-hybridized carbons (Fsp3) is 0.364. The molecule has 0 saturated heterocycles. The van der Waals surface area contributed by atoms with Gasteiger partial charge in [0.05, 0.1) is 15.8 Å². The summed E-state index contributed by atoms with van der Waals surface area (Å²) in [6.45, 7) is 4.77. The van der Waals surface area contributed by atoms with Crippen LogP contribution in [0.5, 0.6) is 0 Å². The Labute approximate surface area is 187 Å². The number of nitrogens with one attached hydrogen (secondary N) is 1. The third kappa shape index (κ3) is 7.57. The van der Waals surface area contributed by atoms with Crippen LogP contribution >= 0.6 is 35.0 Å². The SMILES string of the molecule is CCCNC(=O)[C@H](C)N(Cc1ccccc1)C(=O)CSCc1ccc(Cl)c(Cl)c1. The molecule has 0 heterocycles. The Morgan fingerprint density at radius 2 is 1.79 bits per heavy atom. The Morgan fingerprint density at radius 1 is 1.07 bits per heavy atom. The molecule has 1 atom stereocenters. The van der Waals surface area contributed by atoms with E-state index in [-0.39, 0.29) is 17.6 Å². The van der Waals surface area contributed by atoms with Crippen LogP contribution in [-0.2, 0) is 21.9 Å². The van der Waals surface area contributed by atoms with Gasteiger partial charge in [-0.25, -0.2) is 0 Å². The summed E-state index contributed by atoms with van der Waals surface area (Å²) in [6.07, 6.45) is 0.852. The van der Waals surface area contributed by atoms with E-state index in [1.54, 1.807) is 17.9 Å². The van der Waals surface area contributed by atoms with Crippen molar-refractivity contribution in [2.45, 2.75) is 38.6 Å². The maximum atomic E-state index is 13.0. The van der Waals surface area contributed by atoms with Crippen molar-refractivity contribution in [1.82, 2.24) is 10.2 Å². The molecule has 0 aliphatic rings. The van der Waals surface area contributed by atoms with E-state index < -0.39 is 6.04 Å². The second kappa shape index (κ2) is 12.1.